The first-order valence-electron chi connectivity index (χ1n) is 8.36. The SMILES string of the molecule is CC(Cn1cccn1)NC(=O)CCCc1nc2ccccc2c(=O)[nH]1. The molecule has 0 aliphatic heterocycles. The van der Waals surface area contributed by atoms with Gasteiger partial charge in [-0.05, 0) is 31.5 Å². The molecular formula is C18H21N5O2. The summed E-state index contributed by atoms with van der Waals surface area (Å²) in [6.45, 7) is 2.58. The van der Waals surface area contributed by atoms with E-state index in [1.54, 1.807) is 16.9 Å². The number of aryl methyl sites for hydroxylation is 1. The van der Waals surface area contributed by atoms with Crippen molar-refractivity contribution in [3.05, 3.63) is 58.9 Å². The van der Waals surface area contributed by atoms with Crippen LogP contribution in [0.1, 0.15) is 25.6 Å². The summed E-state index contributed by atoms with van der Waals surface area (Å²) >= 11 is 0. The summed E-state index contributed by atoms with van der Waals surface area (Å²) in [5.74, 6) is 0.601. The van der Waals surface area contributed by atoms with Crippen LogP contribution in [0, 0.1) is 0 Å². The molecule has 2 N–H and O–H groups in total. The van der Waals surface area contributed by atoms with E-state index in [2.05, 4.69) is 20.4 Å². The van der Waals surface area contributed by atoms with Gasteiger partial charge in [0, 0.05) is 31.3 Å². The Labute approximate surface area is 145 Å². The van der Waals surface area contributed by atoms with Crippen molar-refractivity contribution in [2.75, 3.05) is 0 Å². The molecule has 0 bridgehead atoms. The highest BCUT2D eigenvalue weighted by atomic mass is 16.1. The minimum absolute atomic E-state index is 0.00556. The van der Waals surface area contributed by atoms with Crippen LogP contribution in [-0.2, 0) is 17.8 Å². The Bertz CT molecular complexity index is 901. The highest BCUT2D eigenvalue weighted by molar-refractivity contribution is 5.77. The molecule has 130 valence electrons. The number of aromatic nitrogens is 4. The number of hydrogen-bond donors (Lipinski definition) is 2. The fraction of sp³-hybridized carbons (Fsp3) is 0.333. The molecule has 25 heavy (non-hydrogen) atoms. The number of amides is 1. The Morgan fingerprint density at radius 2 is 2.16 bits per heavy atom. The first-order valence-corrected chi connectivity index (χ1v) is 8.36. The van der Waals surface area contributed by atoms with Gasteiger partial charge in [0.05, 0.1) is 17.4 Å². The topological polar surface area (TPSA) is 92.7 Å². The van der Waals surface area contributed by atoms with Crippen LogP contribution >= 0.6 is 0 Å². The molecule has 0 spiro atoms. The molecule has 1 aromatic carbocycles. The molecule has 7 heteroatoms. The number of aromatic amines is 1. The average molecular weight is 339 g/mol. The Morgan fingerprint density at radius 3 is 2.96 bits per heavy atom. The van der Waals surface area contributed by atoms with Crippen LogP contribution in [0.4, 0.5) is 0 Å². The zero-order chi connectivity index (χ0) is 17.6. The molecule has 2 heterocycles. The van der Waals surface area contributed by atoms with Gasteiger partial charge in [0.2, 0.25) is 5.91 Å². The standard InChI is InChI=1S/C18H21N5O2/c1-13(12-23-11-5-10-19-23)20-17(24)9-4-8-16-21-15-7-3-2-6-14(15)18(25)22-16/h2-3,5-7,10-11,13H,4,8-9,12H2,1H3,(H,20,24)(H,21,22,25). The Morgan fingerprint density at radius 1 is 1.32 bits per heavy atom. The molecule has 0 fully saturated rings. The molecule has 1 amide bonds. The van der Waals surface area contributed by atoms with Crippen molar-refractivity contribution in [2.45, 2.75) is 38.8 Å². The molecule has 0 radical (unpaired) electrons. The quantitative estimate of drug-likeness (QED) is 0.684. The third-order valence-electron chi connectivity index (χ3n) is 3.91. The van der Waals surface area contributed by atoms with Crippen molar-refractivity contribution in [1.82, 2.24) is 25.1 Å². The largest absolute Gasteiger partial charge is 0.352 e. The van der Waals surface area contributed by atoms with Crippen molar-refractivity contribution in [2.24, 2.45) is 0 Å². The maximum Gasteiger partial charge on any atom is 0.258 e. The third kappa shape index (κ3) is 4.53. The van der Waals surface area contributed by atoms with Gasteiger partial charge < -0.3 is 10.3 Å². The maximum absolute atomic E-state index is 12.0. The van der Waals surface area contributed by atoms with Crippen LogP contribution in [0.2, 0.25) is 0 Å². The second kappa shape index (κ2) is 7.74. The van der Waals surface area contributed by atoms with E-state index in [0.717, 1.165) is 0 Å². The lowest BCUT2D eigenvalue weighted by Gasteiger charge is -2.13. The summed E-state index contributed by atoms with van der Waals surface area (Å²) in [4.78, 5) is 31.3. The zero-order valence-electron chi connectivity index (χ0n) is 14.1. The van der Waals surface area contributed by atoms with Crippen molar-refractivity contribution >= 4 is 16.8 Å². The molecule has 1 unspecified atom stereocenters. The number of nitrogens with one attached hydrogen (secondary N) is 2. The van der Waals surface area contributed by atoms with Gasteiger partial charge in [-0.15, -0.1) is 0 Å². The molecule has 1 atom stereocenters. The second-order valence-electron chi connectivity index (χ2n) is 6.08. The lowest BCUT2D eigenvalue weighted by molar-refractivity contribution is -0.121. The van der Waals surface area contributed by atoms with Gasteiger partial charge in [-0.3, -0.25) is 14.3 Å². The predicted octanol–water partition coefficient (Wildman–Crippen LogP) is 1.65. The zero-order valence-corrected chi connectivity index (χ0v) is 14.1. The molecule has 3 aromatic rings. The van der Waals surface area contributed by atoms with E-state index in [1.165, 1.54) is 0 Å². The smallest absolute Gasteiger partial charge is 0.258 e. The fourth-order valence-electron chi connectivity index (χ4n) is 2.75. The van der Waals surface area contributed by atoms with Gasteiger partial charge >= 0.3 is 0 Å². The first-order chi connectivity index (χ1) is 12.1. The molecule has 0 aliphatic carbocycles. The van der Waals surface area contributed by atoms with Crippen LogP contribution in [0.3, 0.4) is 0 Å². The number of nitrogens with zero attached hydrogens (tertiary/aromatic N) is 3. The number of rotatable bonds is 7. The van der Waals surface area contributed by atoms with Gasteiger partial charge in [-0.1, -0.05) is 12.1 Å². The first kappa shape index (κ1) is 16.9. The van der Waals surface area contributed by atoms with E-state index < -0.39 is 0 Å². The second-order valence-corrected chi connectivity index (χ2v) is 6.08. The van der Waals surface area contributed by atoms with Gasteiger partial charge in [0.25, 0.3) is 5.56 Å². The van der Waals surface area contributed by atoms with Gasteiger partial charge in [0.15, 0.2) is 0 Å². The molecule has 0 aliphatic rings. The van der Waals surface area contributed by atoms with Crippen molar-refractivity contribution in [1.29, 1.82) is 0 Å². The van der Waals surface area contributed by atoms with Crippen LogP contribution in [0.15, 0.2) is 47.5 Å². The van der Waals surface area contributed by atoms with E-state index in [4.69, 9.17) is 0 Å². The minimum atomic E-state index is -0.141. The van der Waals surface area contributed by atoms with E-state index in [9.17, 15) is 9.59 Å². The Hall–Kier alpha value is -2.96. The Balaban J connectivity index is 1.49. The number of hydrogen-bond acceptors (Lipinski definition) is 4. The number of fused-ring (bicyclic) bond motifs is 1. The van der Waals surface area contributed by atoms with E-state index in [-0.39, 0.29) is 17.5 Å². The van der Waals surface area contributed by atoms with E-state index >= 15 is 0 Å². The summed E-state index contributed by atoms with van der Waals surface area (Å²) in [7, 11) is 0. The lowest BCUT2D eigenvalue weighted by atomic mass is 10.2. The molecule has 7 nitrogen and oxygen atoms in total. The molecule has 2 aromatic heterocycles. The maximum atomic E-state index is 12.0. The Kier molecular flexibility index (Phi) is 5.23. The van der Waals surface area contributed by atoms with Crippen LogP contribution in [0.25, 0.3) is 10.9 Å². The molecule has 0 saturated heterocycles. The van der Waals surface area contributed by atoms with Crippen molar-refractivity contribution in [3.8, 4) is 0 Å². The van der Waals surface area contributed by atoms with E-state index in [0.29, 0.717) is 42.5 Å². The van der Waals surface area contributed by atoms with Crippen molar-refractivity contribution < 1.29 is 4.79 Å². The van der Waals surface area contributed by atoms with Crippen LogP contribution < -0.4 is 10.9 Å². The molecule has 3 rings (SSSR count). The molecular weight excluding hydrogens is 318 g/mol. The minimum Gasteiger partial charge on any atom is -0.352 e. The number of carbonyl (C=O) groups excluding carboxylic acids is 1. The summed E-state index contributed by atoms with van der Waals surface area (Å²) in [5.41, 5.74) is 0.538. The van der Waals surface area contributed by atoms with Crippen LogP contribution in [0.5, 0.6) is 0 Å². The number of para-hydroxylation sites is 1. The number of benzene rings is 1. The van der Waals surface area contributed by atoms with Crippen LogP contribution in [-0.4, -0.2) is 31.7 Å². The van der Waals surface area contributed by atoms with Gasteiger partial charge in [-0.25, -0.2) is 4.98 Å². The lowest BCUT2D eigenvalue weighted by Crippen LogP contribution is -2.35. The summed E-state index contributed by atoms with van der Waals surface area (Å²) in [6.07, 6.45) is 5.15. The highest BCUT2D eigenvalue weighted by Gasteiger charge is 2.09. The average Bonchev–Trinajstić information content (AvgIpc) is 3.07. The fourth-order valence-corrected chi connectivity index (χ4v) is 2.75. The number of carbonyl (C=O) groups is 1. The summed E-state index contributed by atoms with van der Waals surface area (Å²) in [5, 5.41) is 7.66. The van der Waals surface area contributed by atoms with Gasteiger partial charge in [-0.2, -0.15) is 5.10 Å². The normalized spacial score (nSPS) is 12.2. The number of H-pyrrole nitrogens is 1. The summed E-state index contributed by atoms with van der Waals surface area (Å²) in [6, 6.07) is 9.09. The monoisotopic (exact) mass is 339 g/mol. The highest BCUT2D eigenvalue weighted by Crippen LogP contribution is 2.07. The van der Waals surface area contributed by atoms with E-state index in [1.807, 2.05) is 37.4 Å². The summed E-state index contributed by atoms with van der Waals surface area (Å²) < 4.78 is 1.79. The van der Waals surface area contributed by atoms with Crippen molar-refractivity contribution in [3.63, 3.8) is 0 Å². The third-order valence-corrected chi connectivity index (χ3v) is 3.91. The van der Waals surface area contributed by atoms with Gasteiger partial charge in [0.1, 0.15) is 5.82 Å². The predicted molar refractivity (Wildman–Crippen MR) is 95.1 cm³/mol. The molecule has 0 saturated carbocycles.